The molecular formula is C8H15BO4. The van der Waals surface area contributed by atoms with Gasteiger partial charge in [-0.05, 0) is 12.7 Å². The molecule has 0 aliphatic rings. The normalized spacial score (nSPS) is 11.9. The molecule has 13 heavy (non-hydrogen) atoms. The van der Waals surface area contributed by atoms with Crippen LogP contribution in [-0.4, -0.2) is 39.3 Å². The van der Waals surface area contributed by atoms with Crippen molar-refractivity contribution in [3.8, 4) is 0 Å². The van der Waals surface area contributed by atoms with Gasteiger partial charge in [0.1, 0.15) is 0 Å². The molecule has 0 saturated heterocycles. The summed E-state index contributed by atoms with van der Waals surface area (Å²) < 4.78 is 9.68. The van der Waals surface area contributed by atoms with Gasteiger partial charge >= 0.3 is 5.97 Å². The van der Waals surface area contributed by atoms with Crippen LogP contribution in [0.3, 0.4) is 0 Å². The molecule has 0 aromatic carbocycles. The summed E-state index contributed by atoms with van der Waals surface area (Å²) in [7, 11) is 1.95. The van der Waals surface area contributed by atoms with Gasteiger partial charge < -0.3 is 14.3 Å². The van der Waals surface area contributed by atoms with Crippen LogP contribution in [0.15, 0.2) is 0 Å². The molecule has 74 valence electrons. The first-order valence-electron chi connectivity index (χ1n) is 4.18. The topological polar surface area (TPSA) is 52.6 Å². The van der Waals surface area contributed by atoms with Gasteiger partial charge in [-0.2, -0.15) is 0 Å². The lowest BCUT2D eigenvalue weighted by Crippen LogP contribution is -2.22. The van der Waals surface area contributed by atoms with Gasteiger partial charge in [0.05, 0.1) is 12.3 Å². The number of methoxy groups -OCH3 is 1. The predicted octanol–water partition coefficient (Wildman–Crippen LogP) is -0.0326. The summed E-state index contributed by atoms with van der Waals surface area (Å²) in [5.41, 5.74) is 0.0780. The molecule has 0 spiro atoms. The van der Waals surface area contributed by atoms with Crippen molar-refractivity contribution >= 4 is 18.9 Å². The molecule has 0 rings (SSSR count). The largest absolute Gasteiger partial charge is 0.466 e. The highest BCUT2D eigenvalue weighted by Crippen LogP contribution is 2.04. The molecule has 5 heteroatoms. The zero-order valence-electron chi connectivity index (χ0n) is 8.33. The second kappa shape index (κ2) is 6.66. The van der Waals surface area contributed by atoms with Crippen LogP contribution in [0.25, 0.3) is 0 Å². The second-order valence-corrected chi connectivity index (χ2v) is 3.03. The Bertz CT molecular complexity index is 181. The second-order valence-electron chi connectivity index (χ2n) is 3.03. The minimum absolute atomic E-state index is 0.0219. The molecule has 0 aromatic heterocycles. The molecule has 0 aromatic rings. The summed E-state index contributed by atoms with van der Waals surface area (Å²) in [6, 6.07) is 0. The number of rotatable bonds is 6. The molecule has 0 aliphatic heterocycles. The highest BCUT2D eigenvalue weighted by atomic mass is 16.5. The molecule has 0 saturated carbocycles. The quantitative estimate of drug-likeness (QED) is 0.431. The van der Waals surface area contributed by atoms with E-state index in [4.69, 9.17) is 9.47 Å². The highest BCUT2D eigenvalue weighted by molar-refractivity contribution is 6.74. The Hall–Kier alpha value is -0.835. The monoisotopic (exact) mass is 186 g/mol. The summed E-state index contributed by atoms with van der Waals surface area (Å²) in [5, 5.41) is 0. The van der Waals surface area contributed by atoms with Crippen molar-refractivity contribution in [1.82, 2.24) is 0 Å². The molecule has 0 radical (unpaired) electrons. The van der Waals surface area contributed by atoms with E-state index in [9.17, 15) is 9.59 Å². The van der Waals surface area contributed by atoms with Gasteiger partial charge in [-0.3, -0.25) is 4.79 Å². The smallest absolute Gasteiger partial charge is 0.302 e. The van der Waals surface area contributed by atoms with E-state index in [1.54, 1.807) is 7.11 Å². The Morgan fingerprint density at radius 1 is 1.31 bits per heavy atom. The van der Waals surface area contributed by atoms with Gasteiger partial charge in [-0.15, -0.1) is 0 Å². The van der Waals surface area contributed by atoms with Gasteiger partial charge in [0.15, 0.2) is 0 Å². The van der Waals surface area contributed by atoms with E-state index in [1.165, 1.54) is 13.8 Å². The Morgan fingerprint density at radius 3 is 2.31 bits per heavy atom. The van der Waals surface area contributed by atoms with Crippen molar-refractivity contribution in [3.05, 3.63) is 0 Å². The van der Waals surface area contributed by atoms with Gasteiger partial charge in [0, 0.05) is 20.6 Å². The summed E-state index contributed by atoms with van der Waals surface area (Å²) in [6.07, 6.45) is 0. The van der Waals surface area contributed by atoms with Crippen molar-refractivity contribution in [2.75, 3.05) is 20.3 Å². The van der Waals surface area contributed by atoms with Gasteiger partial charge in [0.2, 0.25) is 7.28 Å². The lowest BCUT2D eigenvalue weighted by atomic mass is 9.62. The molecule has 0 amide bonds. The number of esters is 1. The lowest BCUT2D eigenvalue weighted by molar-refractivity contribution is -0.141. The van der Waals surface area contributed by atoms with E-state index in [-0.39, 0.29) is 24.1 Å². The Morgan fingerprint density at radius 2 is 1.92 bits per heavy atom. The first-order chi connectivity index (χ1) is 6.06. The van der Waals surface area contributed by atoms with Crippen molar-refractivity contribution in [2.45, 2.75) is 19.7 Å². The standard InChI is InChI=1S/C8H15BO4/c1-6(10)9-8(4-12-3)5-13-7(2)11/h8-9H,4-5H2,1-3H3. The van der Waals surface area contributed by atoms with Crippen molar-refractivity contribution in [2.24, 2.45) is 0 Å². The van der Waals surface area contributed by atoms with Gasteiger partial charge in [-0.25, -0.2) is 0 Å². The predicted molar refractivity (Wildman–Crippen MR) is 50.1 cm³/mol. The number of carbonyl (C=O) groups excluding carboxylic acids is 2. The van der Waals surface area contributed by atoms with Crippen LogP contribution < -0.4 is 0 Å². The van der Waals surface area contributed by atoms with E-state index >= 15 is 0 Å². The first-order valence-corrected chi connectivity index (χ1v) is 4.18. The maximum atomic E-state index is 10.8. The van der Waals surface area contributed by atoms with E-state index in [0.717, 1.165) is 0 Å². The summed E-state index contributed by atoms with van der Waals surface area (Å²) in [6.45, 7) is 3.55. The third-order valence-electron chi connectivity index (χ3n) is 1.50. The van der Waals surface area contributed by atoms with Crippen LogP contribution in [0.1, 0.15) is 13.8 Å². The minimum atomic E-state index is -0.329. The molecule has 1 unspecified atom stereocenters. The van der Waals surface area contributed by atoms with Gasteiger partial charge in [-0.1, -0.05) is 0 Å². The number of ether oxygens (including phenoxy) is 2. The molecule has 0 fully saturated rings. The van der Waals surface area contributed by atoms with Crippen LogP contribution in [0.4, 0.5) is 0 Å². The van der Waals surface area contributed by atoms with Gasteiger partial charge in [0.25, 0.3) is 0 Å². The van der Waals surface area contributed by atoms with E-state index < -0.39 is 0 Å². The van der Waals surface area contributed by atoms with Crippen LogP contribution in [0, 0.1) is 0 Å². The third-order valence-corrected chi connectivity index (χ3v) is 1.50. The minimum Gasteiger partial charge on any atom is -0.466 e. The third kappa shape index (κ3) is 7.52. The van der Waals surface area contributed by atoms with E-state index in [2.05, 4.69) is 0 Å². The van der Waals surface area contributed by atoms with Crippen molar-refractivity contribution < 1.29 is 19.1 Å². The zero-order valence-corrected chi connectivity index (χ0v) is 8.33. The van der Waals surface area contributed by atoms with Crippen LogP contribution >= 0.6 is 0 Å². The van der Waals surface area contributed by atoms with E-state index in [0.29, 0.717) is 13.9 Å². The molecular weight excluding hydrogens is 171 g/mol. The number of carbonyl (C=O) groups is 2. The van der Waals surface area contributed by atoms with Crippen molar-refractivity contribution in [3.63, 3.8) is 0 Å². The fourth-order valence-electron chi connectivity index (χ4n) is 1.04. The molecule has 0 bridgehead atoms. The highest BCUT2D eigenvalue weighted by Gasteiger charge is 2.14. The van der Waals surface area contributed by atoms with E-state index in [1.807, 2.05) is 0 Å². The lowest BCUT2D eigenvalue weighted by Gasteiger charge is -2.12. The zero-order chi connectivity index (χ0) is 10.3. The molecule has 1 atom stereocenters. The molecule has 0 aliphatic carbocycles. The molecule has 0 N–H and O–H groups in total. The Labute approximate surface area is 78.8 Å². The maximum Gasteiger partial charge on any atom is 0.302 e. The molecule has 4 nitrogen and oxygen atoms in total. The summed E-state index contributed by atoms with van der Waals surface area (Å²) in [4.78, 5) is 21.3. The average molecular weight is 186 g/mol. The van der Waals surface area contributed by atoms with Crippen LogP contribution in [-0.2, 0) is 19.1 Å². The van der Waals surface area contributed by atoms with Crippen molar-refractivity contribution in [1.29, 1.82) is 0 Å². The maximum absolute atomic E-state index is 10.8. The first kappa shape index (κ1) is 12.2. The molecule has 0 heterocycles. The number of hydrogen-bond acceptors (Lipinski definition) is 4. The fourth-order valence-corrected chi connectivity index (χ4v) is 1.04. The number of hydrogen-bond donors (Lipinski definition) is 0. The Balaban J connectivity index is 3.79. The van der Waals surface area contributed by atoms with Crippen LogP contribution in [0.2, 0.25) is 5.82 Å². The average Bonchev–Trinajstić information content (AvgIpc) is 1.99. The summed E-state index contributed by atoms with van der Waals surface area (Å²) in [5.74, 6) is -0.351. The SMILES string of the molecule is COCC(BC(C)=O)COC(C)=O. The Kier molecular flexibility index (Phi) is 6.23. The fraction of sp³-hybridized carbons (Fsp3) is 0.750. The summed E-state index contributed by atoms with van der Waals surface area (Å²) >= 11 is 0. The van der Waals surface area contributed by atoms with Crippen LogP contribution in [0.5, 0.6) is 0 Å².